The van der Waals surface area contributed by atoms with Gasteiger partial charge in [-0.25, -0.2) is 15.0 Å². The monoisotopic (exact) mass is 368 g/mol. The van der Waals surface area contributed by atoms with Crippen molar-refractivity contribution in [3.8, 4) is 0 Å². The summed E-state index contributed by atoms with van der Waals surface area (Å²) in [7, 11) is 0. The summed E-state index contributed by atoms with van der Waals surface area (Å²) < 4.78 is 0. The van der Waals surface area contributed by atoms with Crippen molar-refractivity contribution in [2.45, 2.75) is 32.6 Å². The Bertz CT molecular complexity index is 881. The molecule has 134 valence electrons. The summed E-state index contributed by atoms with van der Waals surface area (Å²) in [5.74, 6) is 2.81. The van der Waals surface area contributed by atoms with Crippen LogP contribution in [0.4, 0.5) is 16.8 Å². The Labute approximate surface area is 155 Å². The molecule has 1 aliphatic heterocycles. The quantitative estimate of drug-likeness (QED) is 0.735. The van der Waals surface area contributed by atoms with E-state index in [0.717, 1.165) is 59.2 Å². The summed E-state index contributed by atoms with van der Waals surface area (Å²) in [6, 6.07) is 1.94. The lowest BCUT2D eigenvalue weighted by molar-refractivity contribution is 0.705. The predicted octanol–water partition coefficient (Wildman–Crippen LogP) is 2.73. The van der Waals surface area contributed by atoms with Crippen LogP contribution in [-0.4, -0.2) is 43.2 Å². The van der Waals surface area contributed by atoms with Gasteiger partial charge in [-0.3, -0.25) is 4.98 Å². The smallest absolute Gasteiger partial charge is 0.211 e. The molecule has 0 saturated carbocycles. The Balaban J connectivity index is 1.51. The molecule has 1 aliphatic rings. The van der Waals surface area contributed by atoms with E-state index in [9.17, 15) is 0 Å². The largest absolute Gasteiger partial charge is 0.355 e. The third kappa shape index (κ3) is 3.62. The summed E-state index contributed by atoms with van der Waals surface area (Å²) in [5, 5.41) is 13.3. The third-order valence-electron chi connectivity index (χ3n) is 4.30. The molecule has 0 bridgehead atoms. The number of aryl methyl sites for hydroxylation is 2. The van der Waals surface area contributed by atoms with Gasteiger partial charge in [0.2, 0.25) is 5.13 Å². The Kier molecular flexibility index (Phi) is 4.70. The molecule has 1 N–H and O–H groups in total. The van der Waals surface area contributed by atoms with Gasteiger partial charge in [0.1, 0.15) is 22.5 Å². The molecule has 0 spiro atoms. The summed E-state index contributed by atoms with van der Waals surface area (Å²) in [6.45, 7) is 5.84. The first-order valence-electron chi connectivity index (χ1n) is 8.67. The molecule has 0 radical (unpaired) electrons. The van der Waals surface area contributed by atoms with Gasteiger partial charge in [0.05, 0.1) is 6.20 Å². The number of anilines is 3. The minimum absolute atomic E-state index is 0.276. The molecule has 26 heavy (non-hydrogen) atoms. The van der Waals surface area contributed by atoms with Crippen LogP contribution in [0.15, 0.2) is 24.7 Å². The van der Waals surface area contributed by atoms with Gasteiger partial charge < -0.3 is 10.2 Å². The van der Waals surface area contributed by atoms with E-state index in [1.807, 2.05) is 13.0 Å². The second-order valence-electron chi connectivity index (χ2n) is 6.23. The van der Waals surface area contributed by atoms with Gasteiger partial charge in [-0.1, -0.05) is 18.3 Å². The molecule has 4 rings (SSSR count). The molecule has 8 nitrogen and oxygen atoms in total. The average molecular weight is 368 g/mol. The van der Waals surface area contributed by atoms with Crippen molar-refractivity contribution in [3.63, 3.8) is 0 Å². The lowest BCUT2D eigenvalue weighted by Gasteiger charge is -2.16. The highest BCUT2D eigenvalue weighted by Crippen LogP contribution is 2.29. The van der Waals surface area contributed by atoms with E-state index in [0.29, 0.717) is 0 Å². The molecule has 1 fully saturated rings. The molecule has 0 unspecified atom stereocenters. The highest BCUT2D eigenvalue weighted by molar-refractivity contribution is 7.15. The van der Waals surface area contributed by atoms with Crippen LogP contribution in [0.3, 0.4) is 0 Å². The van der Waals surface area contributed by atoms with E-state index in [-0.39, 0.29) is 5.92 Å². The number of aromatic nitrogens is 6. The van der Waals surface area contributed by atoms with Gasteiger partial charge in [0, 0.05) is 43.2 Å². The maximum Gasteiger partial charge on any atom is 0.211 e. The fourth-order valence-corrected chi connectivity index (χ4v) is 3.71. The fourth-order valence-electron chi connectivity index (χ4n) is 3.03. The first-order valence-corrected chi connectivity index (χ1v) is 9.49. The van der Waals surface area contributed by atoms with E-state index in [2.05, 4.69) is 42.3 Å². The second kappa shape index (κ2) is 7.28. The zero-order chi connectivity index (χ0) is 17.9. The summed E-state index contributed by atoms with van der Waals surface area (Å²) >= 11 is 1.55. The standard InChI is InChI=1S/C17H20N8S/c1-3-15-23-24-17(26-15)22-13-8-11(2)20-16(21-13)12-4-7-25(10-12)14-9-18-5-6-19-14/h5-6,8-9,12H,3-4,7,10H2,1-2H3,(H,20,21,22,24)/t12-/m0/s1. The lowest BCUT2D eigenvalue weighted by Crippen LogP contribution is -2.21. The van der Waals surface area contributed by atoms with Crippen LogP contribution in [0.25, 0.3) is 0 Å². The van der Waals surface area contributed by atoms with Gasteiger partial charge in [0.25, 0.3) is 0 Å². The van der Waals surface area contributed by atoms with Gasteiger partial charge in [-0.2, -0.15) is 0 Å². The van der Waals surface area contributed by atoms with Crippen LogP contribution in [0.5, 0.6) is 0 Å². The Morgan fingerprint density at radius 3 is 2.96 bits per heavy atom. The minimum Gasteiger partial charge on any atom is -0.355 e. The van der Waals surface area contributed by atoms with Crippen molar-refractivity contribution in [3.05, 3.63) is 41.2 Å². The van der Waals surface area contributed by atoms with Crippen molar-refractivity contribution in [1.82, 2.24) is 30.1 Å². The van der Waals surface area contributed by atoms with Crippen molar-refractivity contribution in [2.75, 3.05) is 23.3 Å². The molecule has 0 aromatic carbocycles. The molecular formula is C17H20N8S. The number of hydrogen-bond acceptors (Lipinski definition) is 9. The Morgan fingerprint density at radius 1 is 1.27 bits per heavy atom. The van der Waals surface area contributed by atoms with E-state index in [1.54, 1.807) is 29.9 Å². The first kappa shape index (κ1) is 16.8. The highest BCUT2D eigenvalue weighted by Gasteiger charge is 2.27. The van der Waals surface area contributed by atoms with Crippen LogP contribution in [-0.2, 0) is 6.42 Å². The second-order valence-corrected chi connectivity index (χ2v) is 7.29. The maximum atomic E-state index is 4.73. The summed E-state index contributed by atoms with van der Waals surface area (Å²) in [4.78, 5) is 20.2. The molecule has 0 amide bonds. The van der Waals surface area contributed by atoms with Gasteiger partial charge in [0.15, 0.2) is 0 Å². The van der Waals surface area contributed by atoms with Gasteiger partial charge in [-0.15, -0.1) is 10.2 Å². The predicted molar refractivity (Wildman–Crippen MR) is 101 cm³/mol. The number of rotatable bonds is 5. The van der Waals surface area contributed by atoms with Crippen LogP contribution >= 0.6 is 11.3 Å². The third-order valence-corrected chi connectivity index (χ3v) is 5.29. The highest BCUT2D eigenvalue weighted by atomic mass is 32.1. The van der Waals surface area contributed by atoms with Crippen LogP contribution < -0.4 is 10.2 Å². The summed E-state index contributed by atoms with van der Waals surface area (Å²) in [6.07, 6.45) is 7.09. The van der Waals surface area contributed by atoms with Crippen molar-refractivity contribution in [2.24, 2.45) is 0 Å². The van der Waals surface area contributed by atoms with E-state index in [1.165, 1.54) is 0 Å². The van der Waals surface area contributed by atoms with Gasteiger partial charge in [-0.05, 0) is 19.8 Å². The molecular weight excluding hydrogens is 348 g/mol. The zero-order valence-electron chi connectivity index (χ0n) is 14.8. The summed E-state index contributed by atoms with van der Waals surface area (Å²) in [5.41, 5.74) is 0.940. The lowest BCUT2D eigenvalue weighted by atomic mass is 10.1. The van der Waals surface area contributed by atoms with E-state index in [4.69, 9.17) is 4.98 Å². The minimum atomic E-state index is 0.276. The molecule has 4 heterocycles. The molecule has 1 saturated heterocycles. The first-order chi connectivity index (χ1) is 12.7. The average Bonchev–Trinajstić information content (AvgIpc) is 3.31. The molecule has 9 heteroatoms. The van der Waals surface area contributed by atoms with Crippen molar-refractivity contribution in [1.29, 1.82) is 0 Å². The fraction of sp³-hybridized carbons (Fsp3) is 0.412. The molecule has 1 atom stereocenters. The number of nitrogens with zero attached hydrogens (tertiary/aromatic N) is 7. The number of nitrogens with one attached hydrogen (secondary N) is 1. The van der Waals surface area contributed by atoms with E-state index >= 15 is 0 Å². The molecule has 3 aromatic heterocycles. The Hall–Kier alpha value is -2.68. The van der Waals surface area contributed by atoms with Crippen molar-refractivity contribution < 1.29 is 0 Å². The topological polar surface area (TPSA) is 92.6 Å². The molecule has 0 aliphatic carbocycles. The SMILES string of the molecule is CCc1nnc(Nc2cc(C)nc([C@H]3CCN(c4cnccn4)C3)n2)s1. The van der Waals surface area contributed by atoms with Crippen LogP contribution in [0.1, 0.15) is 35.8 Å². The Morgan fingerprint density at radius 2 is 2.19 bits per heavy atom. The van der Waals surface area contributed by atoms with Crippen LogP contribution in [0, 0.1) is 6.92 Å². The molecule has 3 aromatic rings. The van der Waals surface area contributed by atoms with Crippen LogP contribution in [0.2, 0.25) is 0 Å². The van der Waals surface area contributed by atoms with E-state index < -0.39 is 0 Å². The maximum absolute atomic E-state index is 4.73. The van der Waals surface area contributed by atoms with Gasteiger partial charge >= 0.3 is 0 Å². The normalized spacial score (nSPS) is 16.8. The number of hydrogen-bond donors (Lipinski definition) is 1. The zero-order valence-corrected chi connectivity index (χ0v) is 15.6. The van der Waals surface area contributed by atoms with Crippen molar-refractivity contribution >= 4 is 28.1 Å².